The van der Waals surface area contributed by atoms with Gasteiger partial charge >= 0.3 is 0 Å². The molecule has 0 aromatic heterocycles. The van der Waals surface area contributed by atoms with Gasteiger partial charge in [0.15, 0.2) is 0 Å². The number of allylic oxidation sites excluding steroid dienone is 2. The minimum Gasteiger partial charge on any atom is -0.369 e. The summed E-state index contributed by atoms with van der Waals surface area (Å²) >= 11 is 12.1. The number of hydrogen-bond acceptors (Lipinski definition) is 5. The van der Waals surface area contributed by atoms with E-state index in [0.29, 0.717) is 23.2 Å². The van der Waals surface area contributed by atoms with Crippen molar-refractivity contribution in [2.45, 2.75) is 6.42 Å². The number of benzene rings is 1. The summed E-state index contributed by atoms with van der Waals surface area (Å²) in [6, 6.07) is 5.70. The van der Waals surface area contributed by atoms with Crippen molar-refractivity contribution in [3.05, 3.63) is 40.4 Å². The number of anilines is 1. The minimum atomic E-state index is -0.202. The van der Waals surface area contributed by atoms with Crippen LogP contribution in [0.5, 0.6) is 0 Å². The summed E-state index contributed by atoms with van der Waals surface area (Å²) < 4.78 is 0. The Kier molecular flexibility index (Phi) is 5.06. The second-order valence-electron chi connectivity index (χ2n) is 8.23. The zero-order valence-corrected chi connectivity index (χ0v) is 17.5. The highest BCUT2D eigenvalue weighted by Gasteiger charge is 2.60. The molecule has 2 heterocycles. The van der Waals surface area contributed by atoms with Crippen molar-refractivity contribution in [1.82, 2.24) is 9.96 Å². The molecule has 8 heteroatoms. The molecule has 6 nitrogen and oxygen atoms in total. The molecule has 5 rings (SSSR count). The highest BCUT2D eigenvalue weighted by molar-refractivity contribution is 6.42. The summed E-state index contributed by atoms with van der Waals surface area (Å²) in [5.41, 5.74) is 1.07. The number of hydrogen-bond donors (Lipinski definition) is 0. The molecule has 29 heavy (non-hydrogen) atoms. The molecule has 4 atom stereocenters. The van der Waals surface area contributed by atoms with E-state index < -0.39 is 0 Å². The highest BCUT2D eigenvalue weighted by Crippen LogP contribution is 2.52. The average molecular weight is 436 g/mol. The molecular weight excluding hydrogens is 413 g/mol. The Bertz CT molecular complexity index is 839. The first kappa shape index (κ1) is 19.4. The Morgan fingerprint density at radius 1 is 0.931 bits per heavy atom. The van der Waals surface area contributed by atoms with Gasteiger partial charge in [0.25, 0.3) is 11.8 Å². The van der Waals surface area contributed by atoms with Gasteiger partial charge in [0.05, 0.1) is 28.5 Å². The summed E-state index contributed by atoms with van der Waals surface area (Å²) in [5, 5.41) is 2.17. The van der Waals surface area contributed by atoms with Crippen LogP contribution in [0.25, 0.3) is 0 Å². The quantitative estimate of drug-likeness (QED) is 0.525. The highest BCUT2D eigenvalue weighted by atomic mass is 35.5. The van der Waals surface area contributed by atoms with Gasteiger partial charge < -0.3 is 4.90 Å². The third-order valence-electron chi connectivity index (χ3n) is 6.70. The smallest absolute Gasteiger partial charge is 0.258 e. The fourth-order valence-electron chi connectivity index (χ4n) is 5.17. The molecule has 1 aromatic carbocycles. The molecule has 2 saturated heterocycles. The van der Waals surface area contributed by atoms with Crippen molar-refractivity contribution < 1.29 is 14.4 Å². The molecule has 0 radical (unpaired) electrons. The Labute approximate surface area is 179 Å². The van der Waals surface area contributed by atoms with E-state index in [-0.39, 0.29) is 35.5 Å². The number of amides is 2. The van der Waals surface area contributed by atoms with E-state index >= 15 is 0 Å². The van der Waals surface area contributed by atoms with Gasteiger partial charge in [-0.15, -0.1) is 0 Å². The van der Waals surface area contributed by atoms with Crippen molar-refractivity contribution in [3.63, 3.8) is 0 Å². The van der Waals surface area contributed by atoms with Crippen LogP contribution < -0.4 is 4.90 Å². The third-order valence-corrected chi connectivity index (χ3v) is 7.44. The van der Waals surface area contributed by atoms with Crippen molar-refractivity contribution in [3.8, 4) is 0 Å². The number of carbonyl (C=O) groups excluding carboxylic acids is 2. The van der Waals surface area contributed by atoms with Gasteiger partial charge in [-0.1, -0.05) is 35.4 Å². The number of carbonyl (C=O) groups is 2. The van der Waals surface area contributed by atoms with Crippen molar-refractivity contribution in [2.24, 2.45) is 23.7 Å². The van der Waals surface area contributed by atoms with Gasteiger partial charge in [-0.2, -0.15) is 5.06 Å². The fraction of sp³-hybridized carbons (Fsp3) is 0.524. The van der Waals surface area contributed by atoms with Crippen LogP contribution in [0.15, 0.2) is 30.4 Å². The molecule has 2 unspecified atom stereocenters. The number of rotatable bonds is 5. The lowest BCUT2D eigenvalue weighted by atomic mass is 9.85. The first-order valence-corrected chi connectivity index (χ1v) is 10.9. The third kappa shape index (κ3) is 3.36. The van der Waals surface area contributed by atoms with Crippen molar-refractivity contribution in [2.75, 3.05) is 44.2 Å². The second-order valence-corrected chi connectivity index (χ2v) is 9.05. The van der Waals surface area contributed by atoms with Crippen LogP contribution in [-0.2, 0) is 14.4 Å². The molecule has 1 aromatic rings. The topological polar surface area (TPSA) is 53.1 Å². The Hall–Kier alpha value is -1.60. The van der Waals surface area contributed by atoms with Crippen molar-refractivity contribution >= 4 is 40.7 Å². The van der Waals surface area contributed by atoms with E-state index in [9.17, 15) is 9.59 Å². The molecule has 0 N–H and O–H groups in total. The van der Waals surface area contributed by atoms with E-state index in [1.165, 1.54) is 0 Å². The molecule has 2 aliphatic carbocycles. The summed E-state index contributed by atoms with van der Waals surface area (Å²) in [5.74, 6) is -0.281. The standard InChI is InChI=1S/C21H23Cl2N3O3/c22-16-4-3-15(12-17(16)23)25-7-5-24(6-8-25)9-10-29-26-20(27)18-13-1-2-14(11-13)19(18)21(26)28/h1-4,12-14,18-19H,5-11H2/t13-,14+,18?,19?. The van der Waals surface area contributed by atoms with Crippen LogP contribution in [0.2, 0.25) is 10.0 Å². The molecule has 1 saturated carbocycles. The first-order chi connectivity index (χ1) is 14.0. The molecule has 2 aliphatic heterocycles. The monoisotopic (exact) mass is 435 g/mol. The number of hydroxylamine groups is 2. The zero-order valence-electron chi connectivity index (χ0n) is 16.0. The molecule has 4 aliphatic rings. The van der Waals surface area contributed by atoms with E-state index in [4.69, 9.17) is 28.0 Å². The van der Waals surface area contributed by atoms with Gasteiger partial charge in [0.2, 0.25) is 0 Å². The molecule has 3 fully saturated rings. The Morgan fingerprint density at radius 2 is 1.59 bits per heavy atom. The van der Waals surface area contributed by atoms with Gasteiger partial charge in [0.1, 0.15) is 0 Å². The van der Waals surface area contributed by atoms with Gasteiger partial charge in [0, 0.05) is 38.4 Å². The van der Waals surface area contributed by atoms with Crippen LogP contribution in [0.1, 0.15) is 6.42 Å². The molecule has 0 spiro atoms. The van der Waals surface area contributed by atoms with Crippen molar-refractivity contribution in [1.29, 1.82) is 0 Å². The van der Waals surface area contributed by atoms with Crippen LogP contribution in [-0.4, -0.2) is 61.1 Å². The van der Waals surface area contributed by atoms with E-state index in [1.807, 2.05) is 18.2 Å². The average Bonchev–Trinajstić information content (AvgIpc) is 3.40. The second kappa shape index (κ2) is 7.58. The molecule has 154 valence electrons. The lowest BCUT2D eigenvalue weighted by molar-refractivity contribution is -0.191. The van der Waals surface area contributed by atoms with E-state index in [0.717, 1.165) is 43.4 Å². The molecular formula is C21H23Cl2N3O3. The maximum Gasteiger partial charge on any atom is 0.258 e. The van der Waals surface area contributed by atoms with E-state index in [1.54, 1.807) is 0 Å². The predicted molar refractivity (Wildman–Crippen MR) is 111 cm³/mol. The van der Waals surface area contributed by atoms with Crippen LogP contribution in [0, 0.1) is 23.7 Å². The minimum absolute atomic E-state index is 0.152. The SMILES string of the molecule is O=C1C2C(C(=O)N1OCCN1CCN(c3ccc(Cl)c(Cl)c3)CC1)[C@H]1C=C[C@@H]2C1. The number of imide groups is 1. The fourth-order valence-corrected chi connectivity index (χ4v) is 5.47. The summed E-state index contributed by atoms with van der Waals surface area (Å²) in [4.78, 5) is 35.5. The van der Waals surface area contributed by atoms with E-state index in [2.05, 4.69) is 22.0 Å². The largest absolute Gasteiger partial charge is 0.369 e. The zero-order chi connectivity index (χ0) is 20.1. The first-order valence-electron chi connectivity index (χ1n) is 10.1. The number of fused-ring (bicyclic) bond motifs is 5. The summed E-state index contributed by atoms with van der Waals surface area (Å²) in [6.45, 7) is 4.53. The lowest BCUT2D eigenvalue weighted by Crippen LogP contribution is -2.48. The van der Waals surface area contributed by atoms with Crippen LogP contribution in [0.4, 0.5) is 5.69 Å². The van der Waals surface area contributed by atoms with Crippen LogP contribution >= 0.6 is 23.2 Å². The van der Waals surface area contributed by atoms with Gasteiger partial charge in [-0.25, -0.2) is 0 Å². The summed E-state index contributed by atoms with van der Waals surface area (Å²) in [6.07, 6.45) is 5.12. The number of nitrogens with zero attached hydrogens (tertiary/aromatic N) is 3. The number of piperazine rings is 1. The molecule has 2 amide bonds. The normalized spacial score (nSPS) is 31.2. The van der Waals surface area contributed by atoms with Gasteiger partial charge in [-0.05, 0) is 36.5 Å². The van der Waals surface area contributed by atoms with Crippen LogP contribution in [0.3, 0.4) is 0 Å². The number of halogens is 2. The maximum atomic E-state index is 12.6. The lowest BCUT2D eigenvalue weighted by Gasteiger charge is -2.36. The summed E-state index contributed by atoms with van der Waals surface area (Å²) in [7, 11) is 0. The molecule has 2 bridgehead atoms. The predicted octanol–water partition coefficient (Wildman–Crippen LogP) is 2.85. The maximum absolute atomic E-state index is 12.6. The Morgan fingerprint density at radius 3 is 2.21 bits per heavy atom. The Balaban J connectivity index is 1.10. The van der Waals surface area contributed by atoms with Gasteiger partial charge in [-0.3, -0.25) is 19.3 Å².